The molecule has 0 saturated heterocycles. The molecule has 1 heterocycles. The van der Waals surface area contributed by atoms with Crippen LogP contribution >= 0.6 is 15.9 Å². The fourth-order valence-electron chi connectivity index (χ4n) is 0.977. The van der Waals surface area contributed by atoms with Gasteiger partial charge in [0, 0.05) is 17.2 Å². The number of anilines is 1. The van der Waals surface area contributed by atoms with Crippen molar-refractivity contribution in [2.45, 2.75) is 6.92 Å². The standard InChI is InChI=1S/C8H9BrN2O2/c1-2-11(8(12)13)7-3-6(9)4-10-5-7/h3-5H,2H2,1H3,(H,12,13). The number of hydrogen-bond acceptors (Lipinski definition) is 2. The van der Waals surface area contributed by atoms with E-state index in [2.05, 4.69) is 20.9 Å². The second kappa shape index (κ2) is 4.23. The van der Waals surface area contributed by atoms with Crippen LogP contribution in [0.4, 0.5) is 10.5 Å². The number of amides is 1. The molecule has 13 heavy (non-hydrogen) atoms. The van der Waals surface area contributed by atoms with E-state index < -0.39 is 6.09 Å². The van der Waals surface area contributed by atoms with Crippen molar-refractivity contribution in [2.24, 2.45) is 0 Å². The summed E-state index contributed by atoms with van der Waals surface area (Å²) >= 11 is 3.23. The third-order valence-corrected chi connectivity index (χ3v) is 1.98. The van der Waals surface area contributed by atoms with E-state index in [1.807, 2.05) is 0 Å². The smallest absolute Gasteiger partial charge is 0.411 e. The summed E-state index contributed by atoms with van der Waals surface area (Å²) in [6.45, 7) is 2.18. The minimum absolute atomic E-state index is 0.410. The maximum atomic E-state index is 10.7. The SMILES string of the molecule is CCN(C(=O)O)c1cncc(Br)c1. The first-order valence-electron chi connectivity index (χ1n) is 3.76. The summed E-state index contributed by atoms with van der Waals surface area (Å²) < 4.78 is 0.768. The Bertz CT molecular complexity index is 317. The Hall–Kier alpha value is -1.10. The molecule has 1 amide bonds. The quantitative estimate of drug-likeness (QED) is 0.869. The lowest BCUT2D eigenvalue weighted by molar-refractivity contribution is 0.202. The van der Waals surface area contributed by atoms with Crippen LogP contribution in [0.3, 0.4) is 0 Å². The first kappa shape index (κ1) is 9.98. The Kier molecular flexibility index (Phi) is 3.25. The Morgan fingerprint density at radius 2 is 2.38 bits per heavy atom. The minimum atomic E-state index is -0.970. The normalized spacial score (nSPS) is 9.69. The van der Waals surface area contributed by atoms with Gasteiger partial charge in [-0.1, -0.05) is 0 Å². The van der Waals surface area contributed by atoms with Crippen molar-refractivity contribution in [2.75, 3.05) is 11.4 Å². The van der Waals surface area contributed by atoms with Gasteiger partial charge in [0.05, 0.1) is 11.9 Å². The van der Waals surface area contributed by atoms with Gasteiger partial charge in [0.2, 0.25) is 0 Å². The summed E-state index contributed by atoms with van der Waals surface area (Å²) in [7, 11) is 0. The van der Waals surface area contributed by atoms with Crippen LogP contribution in [0.2, 0.25) is 0 Å². The van der Waals surface area contributed by atoms with E-state index >= 15 is 0 Å². The van der Waals surface area contributed by atoms with Crippen molar-refractivity contribution < 1.29 is 9.90 Å². The Morgan fingerprint density at radius 3 is 2.85 bits per heavy atom. The zero-order valence-corrected chi connectivity index (χ0v) is 8.65. The number of aromatic nitrogens is 1. The molecule has 1 aromatic rings. The highest BCUT2D eigenvalue weighted by molar-refractivity contribution is 9.10. The number of pyridine rings is 1. The van der Waals surface area contributed by atoms with Crippen molar-refractivity contribution in [3.63, 3.8) is 0 Å². The highest BCUT2D eigenvalue weighted by Gasteiger charge is 2.11. The van der Waals surface area contributed by atoms with Gasteiger partial charge in [0.1, 0.15) is 0 Å². The number of rotatable bonds is 2. The molecule has 0 aliphatic heterocycles. The zero-order valence-electron chi connectivity index (χ0n) is 7.07. The maximum Gasteiger partial charge on any atom is 0.411 e. The van der Waals surface area contributed by atoms with Gasteiger partial charge in [-0.15, -0.1) is 0 Å². The Labute approximate surface area is 84.3 Å². The molecule has 0 unspecified atom stereocenters. The molecule has 0 spiro atoms. The molecule has 0 fully saturated rings. The summed E-state index contributed by atoms with van der Waals surface area (Å²) in [4.78, 5) is 15.8. The molecular weight excluding hydrogens is 236 g/mol. The largest absolute Gasteiger partial charge is 0.465 e. The Balaban J connectivity index is 2.98. The van der Waals surface area contributed by atoms with Crippen molar-refractivity contribution in [1.29, 1.82) is 0 Å². The number of halogens is 1. The van der Waals surface area contributed by atoms with Gasteiger partial charge in [-0.2, -0.15) is 0 Å². The van der Waals surface area contributed by atoms with Crippen LogP contribution in [-0.2, 0) is 0 Å². The van der Waals surface area contributed by atoms with Gasteiger partial charge >= 0.3 is 6.09 Å². The molecule has 0 aliphatic rings. The zero-order chi connectivity index (χ0) is 9.84. The summed E-state index contributed by atoms with van der Waals surface area (Å²) in [5, 5.41) is 8.80. The third kappa shape index (κ3) is 2.42. The van der Waals surface area contributed by atoms with Crippen LogP contribution < -0.4 is 4.90 Å². The van der Waals surface area contributed by atoms with Gasteiger partial charge in [-0.25, -0.2) is 4.79 Å². The molecule has 70 valence electrons. The molecule has 5 heteroatoms. The number of nitrogens with zero attached hydrogens (tertiary/aromatic N) is 2. The predicted molar refractivity (Wildman–Crippen MR) is 53.0 cm³/mol. The molecule has 0 bridgehead atoms. The molecule has 0 saturated carbocycles. The van der Waals surface area contributed by atoms with E-state index in [9.17, 15) is 4.79 Å². The second-order valence-electron chi connectivity index (χ2n) is 2.39. The summed E-state index contributed by atoms with van der Waals surface area (Å²) in [5.74, 6) is 0. The highest BCUT2D eigenvalue weighted by Crippen LogP contribution is 2.17. The molecule has 0 aromatic carbocycles. The molecule has 4 nitrogen and oxygen atoms in total. The van der Waals surface area contributed by atoms with E-state index in [1.54, 1.807) is 19.2 Å². The first-order chi connectivity index (χ1) is 6.15. The van der Waals surface area contributed by atoms with Gasteiger partial charge in [0.15, 0.2) is 0 Å². The fourth-order valence-corrected chi connectivity index (χ4v) is 1.33. The van der Waals surface area contributed by atoms with Crippen molar-refractivity contribution >= 4 is 27.7 Å². The van der Waals surface area contributed by atoms with E-state index in [0.29, 0.717) is 12.2 Å². The second-order valence-corrected chi connectivity index (χ2v) is 3.30. The lowest BCUT2D eigenvalue weighted by Crippen LogP contribution is -2.28. The van der Waals surface area contributed by atoms with Crippen LogP contribution in [0.15, 0.2) is 22.9 Å². The summed E-state index contributed by atoms with van der Waals surface area (Å²) in [6, 6.07) is 1.71. The topological polar surface area (TPSA) is 53.4 Å². The third-order valence-electron chi connectivity index (χ3n) is 1.55. The first-order valence-corrected chi connectivity index (χ1v) is 4.55. The molecule has 0 aliphatic carbocycles. The lowest BCUT2D eigenvalue weighted by atomic mass is 10.4. The maximum absolute atomic E-state index is 10.7. The Morgan fingerprint density at radius 1 is 1.69 bits per heavy atom. The van der Waals surface area contributed by atoms with Crippen molar-refractivity contribution in [3.05, 3.63) is 22.9 Å². The molecule has 0 atom stereocenters. The van der Waals surface area contributed by atoms with Crippen molar-refractivity contribution in [1.82, 2.24) is 4.98 Å². The highest BCUT2D eigenvalue weighted by atomic mass is 79.9. The van der Waals surface area contributed by atoms with E-state index in [1.165, 1.54) is 11.1 Å². The molecule has 1 N–H and O–H groups in total. The molecule has 0 radical (unpaired) electrons. The van der Waals surface area contributed by atoms with Gasteiger partial charge in [0.25, 0.3) is 0 Å². The average molecular weight is 245 g/mol. The van der Waals surface area contributed by atoms with Crippen LogP contribution in [0, 0.1) is 0 Å². The van der Waals surface area contributed by atoms with Gasteiger partial charge < -0.3 is 5.11 Å². The van der Waals surface area contributed by atoms with Crippen LogP contribution in [-0.4, -0.2) is 22.7 Å². The van der Waals surface area contributed by atoms with Crippen LogP contribution in [0.5, 0.6) is 0 Å². The molecule has 1 aromatic heterocycles. The van der Waals surface area contributed by atoms with Crippen LogP contribution in [0.1, 0.15) is 6.92 Å². The van der Waals surface area contributed by atoms with E-state index in [4.69, 9.17) is 5.11 Å². The fraction of sp³-hybridized carbons (Fsp3) is 0.250. The predicted octanol–water partition coefficient (Wildman–Crippen LogP) is 2.35. The lowest BCUT2D eigenvalue weighted by Gasteiger charge is -2.16. The van der Waals surface area contributed by atoms with Crippen molar-refractivity contribution in [3.8, 4) is 0 Å². The molecule has 1 rings (SSSR count). The monoisotopic (exact) mass is 244 g/mol. The summed E-state index contributed by atoms with van der Waals surface area (Å²) in [5.41, 5.74) is 0.573. The minimum Gasteiger partial charge on any atom is -0.465 e. The van der Waals surface area contributed by atoms with Crippen LogP contribution in [0.25, 0.3) is 0 Å². The summed E-state index contributed by atoms with van der Waals surface area (Å²) in [6.07, 6.45) is 2.16. The number of carbonyl (C=O) groups is 1. The van der Waals surface area contributed by atoms with E-state index in [0.717, 1.165) is 4.47 Å². The average Bonchev–Trinajstić information content (AvgIpc) is 2.04. The number of hydrogen-bond donors (Lipinski definition) is 1. The van der Waals surface area contributed by atoms with E-state index in [-0.39, 0.29) is 0 Å². The van der Waals surface area contributed by atoms with Gasteiger partial charge in [-0.3, -0.25) is 9.88 Å². The van der Waals surface area contributed by atoms with Gasteiger partial charge in [-0.05, 0) is 28.9 Å². The number of carboxylic acid groups (broad SMARTS) is 1. The molecular formula is C8H9BrN2O2.